The summed E-state index contributed by atoms with van der Waals surface area (Å²) in [5, 5.41) is 7.30. The Hall–Kier alpha value is -1.75. The number of halogens is 1. The van der Waals surface area contributed by atoms with E-state index in [1.807, 2.05) is 0 Å². The van der Waals surface area contributed by atoms with E-state index in [2.05, 4.69) is 15.5 Å². The second kappa shape index (κ2) is 4.86. The minimum atomic E-state index is -0.267. The maximum atomic E-state index is 12.8. The second-order valence-corrected chi connectivity index (χ2v) is 4.47. The third kappa shape index (κ3) is 2.26. The summed E-state index contributed by atoms with van der Waals surface area (Å²) in [5.41, 5.74) is 0.766. The summed E-state index contributed by atoms with van der Waals surface area (Å²) in [4.78, 5) is 4.37. The molecule has 0 aliphatic carbocycles. The number of piperidine rings is 1. The van der Waals surface area contributed by atoms with Crippen LogP contribution in [0.3, 0.4) is 0 Å². The fourth-order valence-electron chi connectivity index (χ4n) is 2.16. The first-order valence-corrected chi connectivity index (χ1v) is 6.16. The molecule has 0 bridgehead atoms. The zero-order valence-corrected chi connectivity index (χ0v) is 9.90. The molecule has 0 radical (unpaired) electrons. The average Bonchev–Trinajstić information content (AvgIpc) is 2.90. The summed E-state index contributed by atoms with van der Waals surface area (Å²) >= 11 is 0. The minimum Gasteiger partial charge on any atom is -0.337 e. The molecule has 1 aliphatic heterocycles. The second-order valence-electron chi connectivity index (χ2n) is 4.47. The summed E-state index contributed by atoms with van der Waals surface area (Å²) in [5.74, 6) is 0.864. The van der Waals surface area contributed by atoms with Crippen molar-refractivity contribution in [2.24, 2.45) is 0 Å². The van der Waals surface area contributed by atoms with Crippen LogP contribution in [0, 0.1) is 5.82 Å². The number of benzene rings is 1. The first-order valence-electron chi connectivity index (χ1n) is 6.16. The largest absolute Gasteiger partial charge is 0.337 e. The van der Waals surface area contributed by atoms with Gasteiger partial charge in [0.05, 0.1) is 6.04 Å². The van der Waals surface area contributed by atoms with Gasteiger partial charge in [0, 0.05) is 5.56 Å². The highest BCUT2D eigenvalue weighted by Crippen LogP contribution is 2.24. The number of hydrogen-bond acceptors (Lipinski definition) is 4. The molecule has 18 heavy (non-hydrogen) atoms. The third-order valence-corrected chi connectivity index (χ3v) is 3.15. The van der Waals surface area contributed by atoms with Crippen molar-refractivity contribution in [2.45, 2.75) is 25.3 Å². The van der Waals surface area contributed by atoms with Gasteiger partial charge in [0.1, 0.15) is 5.82 Å². The van der Waals surface area contributed by atoms with Crippen LogP contribution in [0.2, 0.25) is 0 Å². The van der Waals surface area contributed by atoms with Gasteiger partial charge in [-0.2, -0.15) is 4.98 Å². The molecule has 1 aromatic carbocycles. The fourth-order valence-corrected chi connectivity index (χ4v) is 2.16. The van der Waals surface area contributed by atoms with Crippen molar-refractivity contribution in [3.63, 3.8) is 0 Å². The Morgan fingerprint density at radius 1 is 1.22 bits per heavy atom. The Balaban J connectivity index is 1.82. The van der Waals surface area contributed by atoms with E-state index in [-0.39, 0.29) is 11.9 Å². The maximum absolute atomic E-state index is 12.8. The lowest BCUT2D eigenvalue weighted by atomic mass is 10.1. The molecule has 0 saturated carbocycles. The highest BCUT2D eigenvalue weighted by Gasteiger charge is 2.21. The van der Waals surface area contributed by atoms with Crippen LogP contribution >= 0.6 is 0 Å². The summed E-state index contributed by atoms with van der Waals surface area (Å²) in [6.45, 7) is 0.985. The van der Waals surface area contributed by atoms with Crippen molar-refractivity contribution in [1.82, 2.24) is 15.5 Å². The highest BCUT2D eigenvalue weighted by molar-refractivity contribution is 5.53. The average molecular weight is 247 g/mol. The molecular formula is C13H14FN3O. The Morgan fingerprint density at radius 2 is 2.06 bits per heavy atom. The molecule has 1 N–H and O–H groups in total. The summed E-state index contributed by atoms with van der Waals surface area (Å²) < 4.78 is 18.1. The molecule has 0 spiro atoms. The van der Waals surface area contributed by atoms with E-state index in [0.717, 1.165) is 18.5 Å². The quantitative estimate of drug-likeness (QED) is 0.886. The molecular weight excluding hydrogens is 233 g/mol. The lowest BCUT2D eigenvalue weighted by Crippen LogP contribution is -2.26. The van der Waals surface area contributed by atoms with Gasteiger partial charge in [0.15, 0.2) is 0 Å². The molecule has 1 saturated heterocycles. The monoisotopic (exact) mass is 247 g/mol. The molecule has 4 nitrogen and oxygen atoms in total. The molecule has 94 valence electrons. The van der Waals surface area contributed by atoms with Gasteiger partial charge in [0.2, 0.25) is 11.7 Å². The van der Waals surface area contributed by atoms with Crippen LogP contribution in [0.25, 0.3) is 11.4 Å². The van der Waals surface area contributed by atoms with Crippen LogP contribution in [0.1, 0.15) is 31.2 Å². The summed E-state index contributed by atoms with van der Waals surface area (Å²) in [6.07, 6.45) is 3.38. The van der Waals surface area contributed by atoms with Crippen molar-refractivity contribution in [2.75, 3.05) is 6.54 Å². The van der Waals surface area contributed by atoms with Gasteiger partial charge in [-0.15, -0.1) is 0 Å². The molecule has 2 heterocycles. The number of hydrogen-bond donors (Lipinski definition) is 1. The van der Waals surface area contributed by atoms with E-state index in [1.165, 1.54) is 25.0 Å². The van der Waals surface area contributed by atoms with E-state index in [9.17, 15) is 4.39 Å². The van der Waals surface area contributed by atoms with Crippen molar-refractivity contribution in [1.29, 1.82) is 0 Å². The van der Waals surface area contributed by atoms with Crippen LogP contribution in [0.15, 0.2) is 28.8 Å². The first-order chi connectivity index (χ1) is 8.83. The van der Waals surface area contributed by atoms with Gasteiger partial charge >= 0.3 is 0 Å². The normalized spacial score (nSPS) is 19.9. The fraction of sp³-hybridized carbons (Fsp3) is 0.385. The molecule has 0 amide bonds. The number of rotatable bonds is 2. The van der Waals surface area contributed by atoms with Gasteiger partial charge in [-0.1, -0.05) is 11.6 Å². The van der Waals surface area contributed by atoms with E-state index >= 15 is 0 Å². The Kier molecular flexibility index (Phi) is 3.06. The lowest BCUT2D eigenvalue weighted by Gasteiger charge is -2.19. The summed E-state index contributed by atoms with van der Waals surface area (Å²) in [6, 6.07) is 6.24. The maximum Gasteiger partial charge on any atom is 0.244 e. The van der Waals surface area contributed by atoms with E-state index < -0.39 is 0 Å². The molecule has 1 aromatic heterocycles. The van der Waals surface area contributed by atoms with E-state index in [4.69, 9.17) is 4.52 Å². The van der Waals surface area contributed by atoms with E-state index in [0.29, 0.717) is 11.7 Å². The summed E-state index contributed by atoms with van der Waals surface area (Å²) in [7, 11) is 0. The van der Waals surface area contributed by atoms with Gasteiger partial charge in [0.25, 0.3) is 0 Å². The zero-order chi connectivity index (χ0) is 12.4. The molecule has 1 unspecified atom stereocenters. The Labute approximate surface area is 104 Å². The van der Waals surface area contributed by atoms with Crippen molar-refractivity contribution < 1.29 is 8.91 Å². The first kappa shape index (κ1) is 11.3. The van der Waals surface area contributed by atoms with Crippen LogP contribution in [0.5, 0.6) is 0 Å². The predicted molar refractivity (Wildman–Crippen MR) is 64.3 cm³/mol. The van der Waals surface area contributed by atoms with Crippen molar-refractivity contribution in [3.8, 4) is 11.4 Å². The SMILES string of the molecule is Fc1ccc(-c2noc(C3CCCCN3)n2)cc1. The zero-order valence-electron chi connectivity index (χ0n) is 9.90. The topological polar surface area (TPSA) is 51.0 Å². The van der Waals surface area contributed by atoms with Crippen LogP contribution < -0.4 is 5.32 Å². The molecule has 1 aliphatic rings. The minimum absolute atomic E-state index is 0.153. The predicted octanol–water partition coefficient (Wildman–Crippen LogP) is 2.69. The molecule has 1 fully saturated rings. The van der Waals surface area contributed by atoms with Crippen molar-refractivity contribution >= 4 is 0 Å². The Morgan fingerprint density at radius 3 is 2.78 bits per heavy atom. The van der Waals surface area contributed by atoms with Gasteiger partial charge in [-0.3, -0.25) is 0 Å². The number of nitrogens with zero attached hydrogens (tertiary/aromatic N) is 2. The molecule has 1 atom stereocenters. The van der Waals surface area contributed by atoms with E-state index in [1.54, 1.807) is 12.1 Å². The standard InChI is InChI=1S/C13H14FN3O/c14-10-6-4-9(5-7-10)12-16-13(18-17-12)11-3-1-2-8-15-11/h4-7,11,15H,1-3,8H2. The molecule has 5 heteroatoms. The van der Waals surface area contributed by atoms with Crippen LogP contribution in [-0.4, -0.2) is 16.7 Å². The molecule has 2 aromatic rings. The van der Waals surface area contributed by atoms with Crippen LogP contribution in [0.4, 0.5) is 4.39 Å². The number of aromatic nitrogens is 2. The highest BCUT2D eigenvalue weighted by atomic mass is 19.1. The lowest BCUT2D eigenvalue weighted by molar-refractivity contribution is 0.297. The smallest absolute Gasteiger partial charge is 0.244 e. The third-order valence-electron chi connectivity index (χ3n) is 3.15. The van der Waals surface area contributed by atoms with Gasteiger partial charge in [-0.25, -0.2) is 4.39 Å². The van der Waals surface area contributed by atoms with Crippen LogP contribution in [-0.2, 0) is 0 Å². The molecule has 3 rings (SSSR count). The van der Waals surface area contributed by atoms with Gasteiger partial charge < -0.3 is 9.84 Å². The van der Waals surface area contributed by atoms with Crippen molar-refractivity contribution in [3.05, 3.63) is 36.0 Å². The Bertz CT molecular complexity index is 517. The number of nitrogens with one attached hydrogen (secondary N) is 1. The van der Waals surface area contributed by atoms with Gasteiger partial charge in [-0.05, 0) is 43.7 Å².